The van der Waals surface area contributed by atoms with Crippen molar-refractivity contribution in [1.82, 2.24) is 0 Å². The van der Waals surface area contributed by atoms with E-state index >= 15 is 0 Å². The summed E-state index contributed by atoms with van der Waals surface area (Å²) in [5, 5.41) is 0. The molecule has 0 saturated carbocycles. The monoisotopic (exact) mass is 331 g/mol. The van der Waals surface area contributed by atoms with Gasteiger partial charge in [0.2, 0.25) is 10.9 Å². The summed E-state index contributed by atoms with van der Waals surface area (Å²) in [6, 6.07) is 19.5. The molecule has 0 radical (unpaired) electrons. The van der Waals surface area contributed by atoms with Crippen LogP contribution >= 0.6 is 0 Å². The maximum Gasteiger partial charge on any atom is 0.250 e. The predicted molar refractivity (Wildman–Crippen MR) is 104 cm³/mol. The zero-order valence-corrected chi connectivity index (χ0v) is 14.3. The van der Waals surface area contributed by atoms with Crippen LogP contribution in [0.5, 0.6) is 0 Å². The van der Waals surface area contributed by atoms with Gasteiger partial charge in [-0.1, -0.05) is 72.8 Å². The third-order valence-corrected chi connectivity index (χ3v) is 4.28. The van der Waals surface area contributed by atoms with Crippen LogP contribution < -0.4 is 15.8 Å². The molecule has 3 nitrogen and oxygen atoms in total. The summed E-state index contributed by atoms with van der Waals surface area (Å²) < 4.78 is 0. The van der Waals surface area contributed by atoms with E-state index in [4.69, 9.17) is 0 Å². The minimum Gasteiger partial charge on any atom is -0.363 e. The summed E-state index contributed by atoms with van der Waals surface area (Å²) in [6.45, 7) is 3.29. The molecule has 0 spiro atoms. The molecule has 126 valence electrons. The second-order valence-corrected chi connectivity index (χ2v) is 6.01. The Balaban J connectivity index is 1.97. The summed E-state index contributed by atoms with van der Waals surface area (Å²) in [7, 11) is 0. The van der Waals surface area contributed by atoms with Gasteiger partial charge in [0.25, 0.3) is 0 Å². The molecule has 0 unspecified atom stereocenters. The van der Waals surface area contributed by atoms with Gasteiger partial charge >= 0.3 is 0 Å². The van der Waals surface area contributed by atoms with Gasteiger partial charge in [0.05, 0.1) is 5.56 Å². The van der Waals surface area contributed by atoms with E-state index in [1.165, 1.54) is 0 Å². The number of benzene rings is 2. The Morgan fingerprint density at radius 2 is 1.52 bits per heavy atom. The molecule has 3 aromatic rings. The van der Waals surface area contributed by atoms with Gasteiger partial charge in [-0.15, -0.1) is 0 Å². The highest BCUT2D eigenvalue weighted by Gasteiger charge is 2.26. The molecular formula is C22H21NO2. The normalized spacial score (nSPS) is 11.2. The number of nitrogens with zero attached hydrogens (tertiary/aromatic N) is 1. The van der Waals surface area contributed by atoms with Gasteiger partial charge < -0.3 is 4.90 Å². The third kappa shape index (κ3) is 3.61. The van der Waals surface area contributed by atoms with Crippen molar-refractivity contribution in [2.45, 2.75) is 19.9 Å². The van der Waals surface area contributed by atoms with Crippen LogP contribution in [-0.2, 0) is 6.54 Å². The first-order chi connectivity index (χ1) is 12.2. The first-order valence-corrected chi connectivity index (χ1v) is 8.51. The van der Waals surface area contributed by atoms with Gasteiger partial charge in [0, 0.05) is 13.1 Å². The molecule has 3 heteroatoms. The maximum atomic E-state index is 12.3. The van der Waals surface area contributed by atoms with Crippen molar-refractivity contribution < 1.29 is 0 Å². The lowest BCUT2D eigenvalue weighted by Gasteiger charge is -2.27. The topological polar surface area (TPSA) is 37.4 Å². The second kappa shape index (κ2) is 7.75. The smallest absolute Gasteiger partial charge is 0.250 e. The lowest BCUT2D eigenvalue weighted by Crippen LogP contribution is -2.42. The number of hydrogen-bond donors (Lipinski definition) is 0. The average Bonchev–Trinajstić information content (AvgIpc) is 2.66. The first kappa shape index (κ1) is 16.9. The standard InChI is InChI=1S/C22H21NO2/c1-2-3-10-15-23(16-17-11-6-4-7-12-17)20-19(21(24)22(20)25)18-13-8-5-9-14-18/h2-9,11-14H,10,15-16H2,1H3/b3-2+. The fourth-order valence-corrected chi connectivity index (χ4v) is 3.02. The Hall–Kier alpha value is -2.94. The molecular weight excluding hydrogens is 310 g/mol. The van der Waals surface area contributed by atoms with Gasteiger partial charge in [0.1, 0.15) is 5.69 Å². The van der Waals surface area contributed by atoms with Crippen LogP contribution in [0.4, 0.5) is 5.69 Å². The predicted octanol–water partition coefficient (Wildman–Crippen LogP) is 3.92. The SMILES string of the molecule is C/C=C/CCN(Cc1ccccc1)c1c(-c2ccccc2)c(=O)c1=O. The van der Waals surface area contributed by atoms with Gasteiger partial charge in [-0.05, 0) is 24.5 Å². The summed E-state index contributed by atoms with van der Waals surface area (Å²) in [5.74, 6) is 0. The lowest BCUT2D eigenvalue weighted by molar-refractivity contribution is 0.786. The van der Waals surface area contributed by atoms with Gasteiger partial charge in [-0.2, -0.15) is 0 Å². The Morgan fingerprint density at radius 1 is 0.880 bits per heavy atom. The molecule has 0 atom stereocenters. The Bertz CT molecular complexity index is 920. The van der Waals surface area contributed by atoms with Crippen LogP contribution in [0, 0.1) is 0 Å². The molecule has 0 aliphatic carbocycles. The van der Waals surface area contributed by atoms with Gasteiger partial charge in [0.15, 0.2) is 0 Å². The van der Waals surface area contributed by atoms with Gasteiger partial charge in [-0.3, -0.25) is 9.59 Å². The molecule has 0 fully saturated rings. The molecule has 0 bridgehead atoms. The molecule has 3 rings (SSSR count). The first-order valence-electron chi connectivity index (χ1n) is 8.51. The van der Waals surface area contributed by atoms with Gasteiger partial charge in [-0.25, -0.2) is 0 Å². The summed E-state index contributed by atoms with van der Waals surface area (Å²) in [6.07, 6.45) is 4.91. The van der Waals surface area contributed by atoms with Crippen molar-refractivity contribution in [3.8, 4) is 11.1 Å². The van der Waals surface area contributed by atoms with Crippen LogP contribution in [0.2, 0.25) is 0 Å². The van der Waals surface area contributed by atoms with E-state index in [9.17, 15) is 9.59 Å². The van der Waals surface area contributed by atoms with Crippen molar-refractivity contribution in [3.63, 3.8) is 0 Å². The fraction of sp³-hybridized carbons (Fsp3) is 0.182. The van der Waals surface area contributed by atoms with Crippen LogP contribution in [0.1, 0.15) is 18.9 Å². The molecule has 0 aliphatic heterocycles. The van der Waals surface area contributed by atoms with Crippen LogP contribution in [0.3, 0.4) is 0 Å². The molecule has 0 aliphatic rings. The van der Waals surface area contributed by atoms with E-state index in [1.54, 1.807) is 0 Å². The minimum absolute atomic E-state index is 0.379. The molecule has 0 N–H and O–H groups in total. The highest BCUT2D eigenvalue weighted by molar-refractivity contribution is 5.82. The highest BCUT2D eigenvalue weighted by atomic mass is 16.2. The number of anilines is 1. The zero-order chi connectivity index (χ0) is 17.6. The van der Waals surface area contributed by atoms with Crippen molar-refractivity contribution >= 4 is 5.69 Å². The summed E-state index contributed by atoms with van der Waals surface area (Å²) in [5.41, 5.74) is 2.26. The second-order valence-electron chi connectivity index (χ2n) is 6.01. The number of hydrogen-bond acceptors (Lipinski definition) is 3. The van der Waals surface area contributed by atoms with Crippen LogP contribution in [0.25, 0.3) is 11.1 Å². The van der Waals surface area contributed by atoms with Crippen molar-refractivity contribution in [1.29, 1.82) is 0 Å². The Kier molecular flexibility index (Phi) is 5.24. The molecule has 0 saturated heterocycles. The van der Waals surface area contributed by atoms with E-state index in [2.05, 4.69) is 6.08 Å². The maximum absolute atomic E-state index is 12.3. The summed E-state index contributed by atoms with van der Waals surface area (Å²) >= 11 is 0. The molecule has 3 aromatic carbocycles. The van der Waals surface area contributed by atoms with E-state index in [1.807, 2.05) is 78.6 Å². The lowest BCUT2D eigenvalue weighted by atomic mass is 9.97. The van der Waals surface area contributed by atoms with E-state index < -0.39 is 0 Å². The van der Waals surface area contributed by atoms with Crippen molar-refractivity contribution in [2.24, 2.45) is 0 Å². The number of rotatable bonds is 7. The molecule has 25 heavy (non-hydrogen) atoms. The highest BCUT2D eigenvalue weighted by Crippen LogP contribution is 2.27. The summed E-state index contributed by atoms with van der Waals surface area (Å²) in [4.78, 5) is 26.6. The largest absolute Gasteiger partial charge is 0.363 e. The Morgan fingerprint density at radius 3 is 2.16 bits per heavy atom. The number of allylic oxidation sites excluding steroid dienone is 1. The average molecular weight is 331 g/mol. The Labute approximate surface area is 147 Å². The quantitative estimate of drug-likeness (QED) is 0.486. The molecule has 0 heterocycles. The third-order valence-electron chi connectivity index (χ3n) is 4.28. The molecule has 0 amide bonds. The van der Waals surface area contributed by atoms with Crippen molar-refractivity contribution in [2.75, 3.05) is 11.4 Å². The molecule has 0 aromatic heterocycles. The van der Waals surface area contributed by atoms with E-state index in [-0.39, 0.29) is 10.9 Å². The van der Waals surface area contributed by atoms with Crippen molar-refractivity contribution in [3.05, 3.63) is 98.8 Å². The zero-order valence-electron chi connectivity index (χ0n) is 14.3. The fourth-order valence-electron chi connectivity index (χ4n) is 3.02. The van der Waals surface area contributed by atoms with Crippen LogP contribution in [0.15, 0.2) is 82.4 Å². The van der Waals surface area contributed by atoms with E-state index in [0.717, 1.165) is 17.5 Å². The minimum atomic E-state index is -0.384. The van der Waals surface area contributed by atoms with Crippen LogP contribution in [-0.4, -0.2) is 6.54 Å². The van der Waals surface area contributed by atoms with E-state index in [0.29, 0.717) is 24.3 Å².